The van der Waals surface area contributed by atoms with Gasteiger partial charge in [-0.2, -0.15) is 0 Å². The van der Waals surface area contributed by atoms with Gasteiger partial charge in [-0.3, -0.25) is 9.59 Å². The molecule has 0 atom stereocenters. The smallest absolute Gasteiger partial charge is 0.221 e. The molecule has 0 radical (unpaired) electrons. The molecule has 16 heavy (non-hydrogen) atoms. The van der Waals surface area contributed by atoms with Gasteiger partial charge < -0.3 is 10.6 Å². The summed E-state index contributed by atoms with van der Waals surface area (Å²) in [5, 5.41) is 5.91. The molecule has 0 heterocycles. The van der Waals surface area contributed by atoms with Crippen LogP contribution in [0.1, 0.15) is 40.5 Å². The molecule has 1 amide bonds. The van der Waals surface area contributed by atoms with Crippen molar-refractivity contribution in [2.75, 3.05) is 13.1 Å². The van der Waals surface area contributed by atoms with Crippen LogP contribution in [0.4, 0.5) is 0 Å². The van der Waals surface area contributed by atoms with Gasteiger partial charge in [-0.1, -0.05) is 27.7 Å². The van der Waals surface area contributed by atoms with Gasteiger partial charge in [-0.25, -0.2) is 0 Å². The maximum Gasteiger partial charge on any atom is 0.221 e. The van der Waals surface area contributed by atoms with Gasteiger partial charge in [0.25, 0.3) is 0 Å². The monoisotopic (exact) mass is 228 g/mol. The summed E-state index contributed by atoms with van der Waals surface area (Å²) < 4.78 is 0. The average molecular weight is 228 g/mol. The largest absolute Gasteiger partial charge is 0.356 e. The lowest BCUT2D eigenvalue weighted by Crippen LogP contribution is -2.31. The van der Waals surface area contributed by atoms with Gasteiger partial charge in [0, 0.05) is 37.9 Å². The molecule has 0 aromatic rings. The van der Waals surface area contributed by atoms with Crippen molar-refractivity contribution in [1.82, 2.24) is 10.6 Å². The molecule has 0 bridgehead atoms. The first-order valence-electron chi connectivity index (χ1n) is 5.96. The summed E-state index contributed by atoms with van der Waals surface area (Å²) in [6.45, 7) is 8.96. The van der Waals surface area contributed by atoms with Crippen LogP contribution in [0.25, 0.3) is 0 Å². The van der Waals surface area contributed by atoms with Crippen LogP contribution >= 0.6 is 0 Å². The van der Waals surface area contributed by atoms with Crippen molar-refractivity contribution >= 4 is 11.7 Å². The summed E-state index contributed by atoms with van der Waals surface area (Å²) in [7, 11) is 0. The molecule has 2 N–H and O–H groups in total. The standard InChI is InChI=1S/C12H24N2O2/c1-9(2)11(15)5-7-14-12(16)6-8-13-10(3)4/h9-10,13H,5-8H2,1-4H3,(H,14,16). The molecule has 0 aliphatic rings. The van der Waals surface area contributed by atoms with E-state index in [9.17, 15) is 9.59 Å². The molecule has 0 aromatic heterocycles. The number of rotatable bonds is 8. The Morgan fingerprint density at radius 1 is 1.00 bits per heavy atom. The molecule has 0 fully saturated rings. The van der Waals surface area contributed by atoms with E-state index in [2.05, 4.69) is 10.6 Å². The van der Waals surface area contributed by atoms with Crippen LogP contribution in [0.3, 0.4) is 0 Å². The molecule has 0 spiro atoms. The van der Waals surface area contributed by atoms with Gasteiger partial charge in [0.1, 0.15) is 5.78 Å². The fraction of sp³-hybridized carbons (Fsp3) is 0.833. The molecular formula is C12H24N2O2. The Kier molecular flexibility index (Phi) is 7.81. The topological polar surface area (TPSA) is 58.2 Å². The zero-order valence-electron chi connectivity index (χ0n) is 10.8. The molecule has 4 nitrogen and oxygen atoms in total. The van der Waals surface area contributed by atoms with Crippen molar-refractivity contribution in [3.8, 4) is 0 Å². The number of carbonyl (C=O) groups excluding carboxylic acids is 2. The Balaban J connectivity index is 3.48. The van der Waals surface area contributed by atoms with Crippen molar-refractivity contribution in [3.05, 3.63) is 0 Å². The van der Waals surface area contributed by atoms with E-state index in [1.807, 2.05) is 27.7 Å². The Bertz CT molecular complexity index is 225. The zero-order valence-corrected chi connectivity index (χ0v) is 10.8. The second kappa shape index (κ2) is 8.28. The van der Waals surface area contributed by atoms with Crippen LogP contribution in [-0.4, -0.2) is 30.8 Å². The number of amides is 1. The number of hydrogen-bond acceptors (Lipinski definition) is 3. The average Bonchev–Trinajstić information content (AvgIpc) is 2.16. The Morgan fingerprint density at radius 2 is 1.62 bits per heavy atom. The van der Waals surface area contributed by atoms with Gasteiger partial charge in [-0.05, 0) is 0 Å². The number of hydrogen-bond donors (Lipinski definition) is 2. The first-order valence-corrected chi connectivity index (χ1v) is 5.96. The fourth-order valence-corrected chi connectivity index (χ4v) is 1.18. The van der Waals surface area contributed by atoms with E-state index < -0.39 is 0 Å². The van der Waals surface area contributed by atoms with Crippen LogP contribution in [0.2, 0.25) is 0 Å². The Labute approximate surface area is 98.2 Å². The van der Waals surface area contributed by atoms with E-state index in [-0.39, 0.29) is 17.6 Å². The van der Waals surface area contributed by atoms with Crippen molar-refractivity contribution in [2.45, 2.75) is 46.6 Å². The maximum atomic E-state index is 11.3. The highest BCUT2D eigenvalue weighted by Crippen LogP contribution is 1.97. The van der Waals surface area contributed by atoms with E-state index in [1.54, 1.807) is 0 Å². The van der Waals surface area contributed by atoms with E-state index in [4.69, 9.17) is 0 Å². The highest BCUT2D eigenvalue weighted by Gasteiger charge is 2.07. The van der Waals surface area contributed by atoms with Gasteiger partial charge in [0.15, 0.2) is 0 Å². The molecule has 0 unspecified atom stereocenters. The van der Waals surface area contributed by atoms with Crippen molar-refractivity contribution in [3.63, 3.8) is 0 Å². The highest BCUT2D eigenvalue weighted by atomic mass is 16.1. The van der Waals surface area contributed by atoms with Crippen molar-refractivity contribution in [2.24, 2.45) is 5.92 Å². The van der Waals surface area contributed by atoms with Gasteiger partial charge >= 0.3 is 0 Å². The third-order valence-corrected chi connectivity index (χ3v) is 2.24. The number of nitrogens with one attached hydrogen (secondary N) is 2. The second-order valence-electron chi connectivity index (χ2n) is 4.58. The minimum absolute atomic E-state index is 0.00436. The second-order valence-corrected chi connectivity index (χ2v) is 4.58. The molecule has 0 aromatic carbocycles. The van der Waals surface area contributed by atoms with Crippen LogP contribution in [0, 0.1) is 5.92 Å². The van der Waals surface area contributed by atoms with Crippen molar-refractivity contribution in [1.29, 1.82) is 0 Å². The first-order chi connectivity index (χ1) is 7.43. The zero-order chi connectivity index (χ0) is 12.6. The molecule has 0 saturated heterocycles. The van der Waals surface area contributed by atoms with Crippen LogP contribution in [-0.2, 0) is 9.59 Å². The lowest BCUT2D eigenvalue weighted by Gasteiger charge is -2.08. The lowest BCUT2D eigenvalue weighted by molar-refractivity contribution is -0.122. The Morgan fingerprint density at radius 3 is 2.12 bits per heavy atom. The summed E-state index contributed by atoms with van der Waals surface area (Å²) in [5.41, 5.74) is 0. The normalized spacial score (nSPS) is 10.9. The Hall–Kier alpha value is -0.900. The summed E-state index contributed by atoms with van der Waals surface area (Å²) >= 11 is 0. The molecular weight excluding hydrogens is 204 g/mol. The van der Waals surface area contributed by atoms with E-state index in [0.29, 0.717) is 32.0 Å². The van der Waals surface area contributed by atoms with Crippen LogP contribution in [0.15, 0.2) is 0 Å². The number of carbonyl (C=O) groups is 2. The first kappa shape index (κ1) is 15.1. The predicted molar refractivity (Wildman–Crippen MR) is 65.2 cm³/mol. The minimum atomic E-state index is 0.00436. The molecule has 0 aliphatic carbocycles. The third kappa shape index (κ3) is 8.41. The summed E-state index contributed by atoms with van der Waals surface area (Å²) in [6.07, 6.45) is 0.898. The van der Waals surface area contributed by atoms with Crippen molar-refractivity contribution < 1.29 is 9.59 Å². The number of Topliss-reactive ketones (excluding diaryl/α,β-unsaturated/α-hetero) is 1. The van der Waals surface area contributed by atoms with Gasteiger partial charge in [0.05, 0.1) is 0 Å². The molecule has 4 heteroatoms. The quantitative estimate of drug-likeness (QED) is 0.654. The molecule has 0 saturated carbocycles. The number of ketones is 1. The van der Waals surface area contributed by atoms with E-state index in [1.165, 1.54) is 0 Å². The SMILES string of the molecule is CC(C)NCCC(=O)NCCC(=O)C(C)C. The fourth-order valence-electron chi connectivity index (χ4n) is 1.18. The predicted octanol–water partition coefficient (Wildman–Crippen LogP) is 1.11. The summed E-state index contributed by atoms with van der Waals surface area (Å²) in [5.74, 6) is 0.254. The molecule has 0 rings (SSSR count). The minimum Gasteiger partial charge on any atom is -0.356 e. The molecule has 0 aliphatic heterocycles. The highest BCUT2D eigenvalue weighted by molar-refractivity contribution is 5.81. The molecule has 94 valence electrons. The maximum absolute atomic E-state index is 11.3. The summed E-state index contributed by atoms with van der Waals surface area (Å²) in [4.78, 5) is 22.6. The third-order valence-electron chi connectivity index (χ3n) is 2.24. The van der Waals surface area contributed by atoms with Crippen LogP contribution in [0.5, 0.6) is 0 Å². The van der Waals surface area contributed by atoms with Gasteiger partial charge in [0.2, 0.25) is 5.91 Å². The van der Waals surface area contributed by atoms with E-state index >= 15 is 0 Å². The van der Waals surface area contributed by atoms with Gasteiger partial charge in [-0.15, -0.1) is 0 Å². The summed E-state index contributed by atoms with van der Waals surface area (Å²) in [6, 6.07) is 0.398. The van der Waals surface area contributed by atoms with Crippen LogP contribution < -0.4 is 10.6 Å². The van der Waals surface area contributed by atoms with E-state index in [0.717, 1.165) is 0 Å². The lowest BCUT2D eigenvalue weighted by atomic mass is 10.1.